The molecule has 0 fully saturated rings. The number of halogens is 1. The Hall–Kier alpha value is -1.58. The molecular formula is C27H49ClN2O6. The number of rotatable bonds is 19. The van der Waals surface area contributed by atoms with Crippen LogP contribution < -0.4 is 20.5 Å². The number of carbonyl (C=O) groups is 1. The first-order valence-electron chi connectivity index (χ1n) is 12.8. The molecule has 210 valence electrons. The number of amides is 1. The summed E-state index contributed by atoms with van der Waals surface area (Å²) in [5, 5.41) is 22.4. The zero-order chi connectivity index (χ0) is 26.2. The number of benzene rings is 1. The lowest BCUT2D eigenvalue weighted by Gasteiger charge is -2.28. The highest BCUT2D eigenvalue weighted by molar-refractivity contribution is 5.85. The Bertz CT molecular complexity index is 722. The zero-order valence-electron chi connectivity index (χ0n) is 22.7. The van der Waals surface area contributed by atoms with Gasteiger partial charge in [0.25, 0.3) is 0 Å². The fourth-order valence-electron chi connectivity index (χ4n) is 4.01. The maximum absolute atomic E-state index is 12.3. The molecule has 0 heterocycles. The molecule has 0 bridgehead atoms. The van der Waals surface area contributed by atoms with E-state index in [0.717, 1.165) is 24.8 Å². The minimum atomic E-state index is -0.759. The third-order valence-electron chi connectivity index (χ3n) is 6.41. The van der Waals surface area contributed by atoms with Crippen LogP contribution in [-0.4, -0.2) is 68.9 Å². The van der Waals surface area contributed by atoms with Crippen molar-refractivity contribution in [3.8, 4) is 11.5 Å². The first-order chi connectivity index (χ1) is 16.7. The number of hydrogen-bond acceptors (Lipinski definition) is 7. The molecule has 0 aliphatic heterocycles. The second-order valence-electron chi connectivity index (χ2n) is 9.71. The zero-order valence-corrected chi connectivity index (χ0v) is 23.5. The molecule has 0 unspecified atom stereocenters. The van der Waals surface area contributed by atoms with Crippen molar-refractivity contribution in [3.63, 3.8) is 0 Å². The summed E-state index contributed by atoms with van der Waals surface area (Å²) in [7, 11) is 3.30. The molecule has 8 nitrogen and oxygen atoms in total. The number of aliphatic hydroxyl groups is 2. The average Bonchev–Trinajstić information content (AvgIpc) is 2.83. The van der Waals surface area contributed by atoms with Gasteiger partial charge >= 0.3 is 0 Å². The number of aliphatic hydroxyl groups excluding tert-OH is 2. The van der Waals surface area contributed by atoms with E-state index in [-0.39, 0.29) is 36.8 Å². The highest BCUT2D eigenvalue weighted by Gasteiger charge is 2.26. The van der Waals surface area contributed by atoms with Crippen molar-refractivity contribution in [2.75, 3.05) is 40.6 Å². The maximum Gasteiger partial charge on any atom is 0.222 e. The van der Waals surface area contributed by atoms with Crippen LogP contribution in [0.2, 0.25) is 0 Å². The standard InChI is InChI=1S/C27H48N2O6.ClH/c1-19(2)22(16-21-9-10-25(34-5)26(17-21)35-14-8-13-33-4)18-23(28)24(31)15-20(3)27(32)29-11-6-7-12-30;/h9-10,17,19-20,22-24,30-31H,6-8,11-16,18,28H2,1-5H3,(H,29,32);1H/t20-,22+,23+,24+;/m1./s1. The van der Waals surface area contributed by atoms with E-state index in [0.29, 0.717) is 56.4 Å². The van der Waals surface area contributed by atoms with Crippen LogP contribution in [0.4, 0.5) is 0 Å². The normalized spacial score (nSPS) is 14.5. The molecule has 0 aliphatic carbocycles. The molecule has 1 amide bonds. The van der Waals surface area contributed by atoms with Gasteiger partial charge in [0, 0.05) is 45.2 Å². The molecule has 1 aromatic rings. The fraction of sp³-hybridized carbons (Fsp3) is 0.741. The number of hydrogen-bond donors (Lipinski definition) is 4. The molecule has 4 atom stereocenters. The van der Waals surface area contributed by atoms with Crippen molar-refractivity contribution in [2.24, 2.45) is 23.5 Å². The largest absolute Gasteiger partial charge is 0.493 e. The van der Waals surface area contributed by atoms with Gasteiger partial charge in [0.05, 0.1) is 19.8 Å². The maximum atomic E-state index is 12.3. The first kappa shape index (κ1) is 34.4. The molecule has 9 heteroatoms. The smallest absolute Gasteiger partial charge is 0.222 e. The van der Waals surface area contributed by atoms with Gasteiger partial charge < -0.3 is 35.5 Å². The molecule has 1 rings (SSSR count). The molecule has 0 saturated carbocycles. The second kappa shape index (κ2) is 19.5. The van der Waals surface area contributed by atoms with Gasteiger partial charge in [0.1, 0.15) is 0 Å². The summed E-state index contributed by atoms with van der Waals surface area (Å²) in [6, 6.07) is 5.57. The number of nitrogens with two attached hydrogens (primary N) is 1. The summed E-state index contributed by atoms with van der Waals surface area (Å²) in [4.78, 5) is 12.3. The lowest BCUT2D eigenvalue weighted by atomic mass is 9.82. The SMILES string of the molecule is COCCCOc1cc(C[C@@H](C[C@H](N)[C@@H](O)C[C@@H](C)C(=O)NCCCCO)C(C)C)ccc1OC.Cl. The lowest BCUT2D eigenvalue weighted by molar-refractivity contribution is -0.125. The van der Waals surface area contributed by atoms with E-state index in [1.807, 2.05) is 25.1 Å². The molecule has 36 heavy (non-hydrogen) atoms. The second-order valence-corrected chi connectivity index (χ2v) is 9.71. The Morgan fingerprint density at radius 2 is 1.78 bits per heavy atom. The van der Waals surface area contributed by atoms with Gasteiger partial charge in [-0.1, -0.05) is 26.8 Å². The molecule has 0 spiro atoms. The minimum absolute atomic E-state index is 0. The third-order valence-corrected chi connectivity index (χ3v) is 6.41. The predicted molar refractivity (Wildman–Crippen MR) is 146 cm³/mol. The van der Waals surface area contributed by atoms with Crippen LogP contribution in [0.3, 0.4) is 0 Å². The van der Waals surface area contributed by atoms with Crippen molar-refractivity contribution in [2.45, 2.75) is 71.4 Å². The van der Waals surface area contributed by atoms with Crippen LogP contribution in [-0.2, 0) is 16.0 Å². The average molecular weight is 533 g/mol. The lowest BCUT2D eigenvalue weighted by Crippen LogP contribution is -2.41. The quantitative estimate of drug-likeness (QED) is 0.201. The van der Waals surface area contributed by atoms with Crippen molar-refractivity contribution in [3.05, 3.63) is 23.8 Å². The van der Waals surface area contributed by atoms with Crippen LogP contribution in [0.5, 0.6) is 11.5 Å². The van der Waals surface area contributed by atoms with E-state index in [1.165, 1.54) is 0 Å². The van der Waals surface area contributed by atoms with Crippen molar-refractivity contribution in [1.82, 2.24) is 5.32 Å². The molecule has 0 saturated heterocycles. The molecular weight excluding hydrogens is 484 g/mol. The Labute approximate surface area is 223 Å². The highest BCUT2D eigenvalue weighted by atomic mass is 35.5. The summed E-state index contributed by atoms with van der Waals surface area (Å²) < 4.78 is 16.4. The van der Waals surface area contributed by atoms with Gasteiger partial charge in [-0.3, -0.25) is 4.79 Å². The number of carbonyl (C=O) groups excluding carboxylic acids is 1. The Balaban J connectivity index is 0.0000122. The monoisotopic (exact) mass is 532 g/mol. The highest BCUT2D eigenvalue weighted by Crippen LogP contribution is 2.31. The van der Waals surface area contributed by atoms with Crippen LogP contribution in [0.25, 0.3) is 0 Å². The molecule has 0 aliphatic rings. The third kappa shape index (κ3) is 13.1. The van der Waals surface area contributed by atoms with E-state index in [4.69, 9.17) is 25.1 Å². The van der Waals surface area contributed by atoms with Gasteiger partial charge in [0.15, 0.2) is 11.5 Å². The molecule has 1 aromatic carbocycles. The Morgan fingerprint density at radius 3 is 2.39 bits per heavy atom. The summed E-state index contributed by atoms with van der Waals surface area (Å²) in [5.41, 5.74) is 7.53. The minimum Gasteiger partial charge on any atom is -0.493 e. The molecule has 5 N–H and O–H groups in total. The van der Waals surface area contributed by atoms with Crippen LogP contribution in [0.1, 0.15) is 58.4 Å². The van der Waals surface area contributed by atoms with Gasteiger partial charge in [0.2, 0.25) is 5.91 Å². The van der Waals surface area contributed by atoms with E-state index >= 15 is 0 Å². The number of nitrogens with one attached hydrogen (secondary N) is 1. The molecule has 0 radical (unpaired) electrons. The predicted octanol–water partition coefficient (Wildman–Crippen LogP) is 3.34. The van der Waals surface area contributed by atoms with E-state index in [2.05, 4.69) is 19.2 Å². The van der Waals surface area contributed by atoms with Gasteiger partial charge in [-0.25, -0.2) is 0 Å². The van der Waals surface area contributed by atoms with Gasteiger partial charge in [-0.05, 0) is 61.6 Å². The summed E-state index contributed by atoms with van der Waals surface area (Å²) >= 11 is 0. The van der Waals surface area contributed by atoms with E-state index in [1.54, 1.807) is 14.2 Å². The van der Waals surface area contributed by atoms with E-state index in [9.17, 15) is 9.90 Å². The van der Waals surface area contributed by atoms with Crippen LogP contribution >= 0.6 is 12.4 Å². The first-order valence-corrected chi connectivity index (χ1v) is 12.8. The van der Waals surface area contributed by atoms with Crippen molar-refractivity contribution >= 4 is 18.3 Å². The summed E-state index contributed by atoms with van der Waals surface area (Å²) in [5.74, 6) is 1.62. The van der Waals surface area contributed by atoms with Crippen LogP contribution in [0.15, 0.2) is 18.2 Å². The topological polar surface area (TPSA) is 123 Å². The van der Waals surface area contributed by atoms with Gasteiger partial charge in [-0.15, -0.1) is 12.4 Å². The van der Waals surface area contributed by atoms with Gasteiger partial charge in [-0.2, -0.15) is 0 Å². The number of ether oxygens (including phenoxy) is 3. The van der Waals surface area contributed by atoms with E-state index < -0.39 is 12.1 Å². The Kier molecular flexibility index (Phi) is 18.7. The van der Waals surface area contributed by atoms with Crippen molar-refractivity contribution < 1.29 is 29.2 Å². The Morgan fingerprint density at radius 1 is 1.06 bits per heavy atom. The van der Waals surface area contributed by atoms with Crippen LogP contribution in [0, 0.1) is 17.8 Å². The number of methoxy groups -OCH3 is 2. The molecule has 0 aromatic heterocycles. The summed E-state index contributed by atoms with van der Waals surface area (Å²) in [6.07, 6.45) is 3.21. The number of unbranched alkanes of at least 4 members (excludes halogenated alkanes) is 1. The van der Waals surface area contributed by atoms with Crippen molar-refractivity contribution in [1.29, 1.82) is 0 Å². The fourth-order valence-corrected chi connectivity index (χ4v) is 4.01. The summed E-state index contributed by atoms with van der Waals surface area (Å²) in [6.45, 7) is 7.97.